The van der Waals surface area contributed by atoms with Crippen LogP contribution >= 0.6 is 0 Å². The Morgan fingerprint density at radius 1 is 1.24 bits per heavy atom. The molecule has 1 atom stereocenters. The Kier molecular flexibility index (Phi) is 6.88. The molecule has 0 aliphatic carbocycles. The Hall–Kier alpha value is -3.84. The van der Waals surface area contributed by atoms with Gasteiger partial charge in [-0.2, -0.15) is 10.4 Å². The van der Waals surface area contributed by atoms with E-state index in [9.17, 15) is 14.9 Å². The summed E-state index contributed by atoms with van der Waals surface area (Å²) < 4.78 is 7.37. The lowest BCUT2D eigenvalue weighted by atomic mass is 9.85. The van der Waals surface area contributed by atoms with Gasteiger partial charge in [-0.3, -0.25) is 9.48 Å². The van der Waals surface area contributed by atoms with E-state index in [0.29, 0.717) is 48.7 Å². The van der Waals surface area contributed by atoms with E-state index in [2.05, 4.69) is 33.8 Å². The van der Waals surface area contributed by atoms with Gasteiger partial charge in [0.2, 0.25) is 0 Å². The van der Waals surface area contributed by atoms with Crippen molar-refractivity contribution in [2.45, 2.75) is 70.1 Å². The molecule has 5 rings (SSSR count). The predicted molar refractivity (Wildman–Crippen MR) is 145 cm³/mol. The number of pyridine rings is 1. The number of hydrogen-bond donors (Lipinski definition) is 3. The lowest BCUT2D eigenvalue weighted by Gasteiger charge is -2.41. The van der Waals surface area contributed by atoms with Crippen LogP contribution in [0, 0.1) is 11.3 Å². The zero-order valence-electron chi connectivity index (χ0n) is 22.2. The van der Waals surface area contributed by atoms with E-state index in [0.717, 1.165) is 18.7 Å². The quantitative estimate of drug-likeness (QED) is 0.453. The van der Waals surface area contributed by atoms with Crippen molar-refractivity contribution < 1.29 is 9.53 Å². The largest absolute Gasteiger partial charge is 0.444 e. The summed E-state index contributed by atoms with van der Waals surface area (Å²) in [6.07, 6.45) is 4.80. The molecule has 3 aromatic rings. The van der Waals surface area contributed by atoms with Crippen molar-refractivity contribution in [3.05, 3.63) is 52.4 Å². The number of carbonyl (C=O) groups excluding carboxylic acids is 1. The summed E-state index contributed by atoms with van der Waals surface area (Å²) in [5, 5.41) is 21.9. The Morgan fingerprint density at radius 2 is 1.97 bits per heavy atom. The zero-order chi connectivity index (χ0) is 26.9. The molecule has 1 amide bonds. The number of amides is 1. The van der Waals surface area contributed by atoms with Crippen LogP contribution in [0.2, 0.25) is 0 Å². The fourth-order valence-electron chi connectivity index (χ4n) is 5.47. The number of nitriles is 1. The van der Waals surface area contributed by atoms with Crippen molar-refractivity contribution in [3.8, 4) is 6.07 Å². The van der Waals surface area contributed by atoms with Crippen LogP contribution in [0.3, 0.4) is 0 Å². The summed E-state index contributed by atoms with van der Waals surface area (Å²) >= 11 is 0. The highest BCUT2D eigenvalue weighted by atomic mass is 16.6. The Labute approximate surface area is 222 Å². The average Bonchev–Trinajstić information content (AvgIpc) is 3.54. The first-order valence-electron chi connectivity index (χ1n) is 13.3. The number of aromatic amines is 1. The molecule has 2 aliphatic rings. The van der Waals surface area contributed by atoms with Crippen LogP contribution in [0.25, 0.3) is 10.9 Å². The molecule has 200 valence electrons. The predicted octanol–water partition coefficient (Wildman–Crippen LogP) is 4.53. The molecule has 0 spiro atoms. The lowest BCUT2D eigenvalue weighted by molar-refractivity contribution is 0.0110. The van der Waals surface area contributed by atoms with Crippen LogP contribution in [0.1, 0.15) is 64.5 Å². The highest BCUT2D eigenvalue weighted by Crippen LogP contribution is 2.38. The van der Waals surface area contributed by atoms with Crippen molar-refractivity contribution in [3.63, 3.8) is 0 Å². The Morgan fingerprint density at radius 3 is 2.61 bits per heavy atom. The van der Waals surface area contributed by atoms with Crippen LogP contribution < -0.4 is 16.2 Å². The number of H-pyrrole nitrogens is 1. The molecular weight excluding hydrogens is 482 g/mol. The number of rotatable bonds is 5. The monoisotopic (exact) mass is 517 g/mol. The minimum absolute atomic E-state index is 0.210. The minimum atomic E-state index is -0.656. The Bertz CT molecular complexity index is 1400. The molecule has 0 saturated carbocycles. The first kappa shape index (κ1) is 25.8. The molecule has 1 unspecified atom stereocenters. The number of benzene rings is 1. The zero-order valence-corrected chi connectivity index (χ0v) is 22.2. The summed E-state index contributed by atoms with van der Waals surface area (Å²) in [7, 11) is 0. The highest BCUT2D eigenvalue weighted by molar-refractivity contribution is 5.91. The van der Waals surface area contributed by atoms with Crippen LogP contribution in [0.5, 0.6) is 0 Å². The molecule has 0 bridgehead atoms. The molecular formula is C28H35N7O3. The van der Waals surface area contributed by atoms with E-state index in [1.807, 2.05) is 43.7 Å². The SMILES string of the molecule is CC(C)(C)OC(=O)N1CCC(CC#N)(n2nc(Nc3ccc(C4CCCN4)cc3)c3c(=O)[nH]ccc32)CC1. The number of anilines is 2. The molecule has 38 heavy (non-hydrogen) atoms. The van der Waals surface area contributed by atoms with Crippen LogP contribution in [0.15, 0.2) is 41.3 Å². The van der Waals surface area contributed by atoms with E-state index < -0.39 is 11.1 Å². The molecule has 2 saturated heterocycles. The van der Waals surface area contributed by atoms with Crippen molar-refractivity contribution in [2.75, 3.05) is 25.0 Å². The summed E-state index contributed by atoms with van der Waals surface area (Å²) in [6.45, 7) is 7.43. The third-order valence-electron chi connectivity index (χ3n) is 7.44. The molecule has 2 aliphatic heterocycles. The molecule has 3 N–H and O–H groups in total. The molecule has 10 nitrogen and oxygen atoms in total. The summed E-state index contributed by atoms with van der Waals surface area (Å²) in [6, 6.07) is 12.7. The van der Waals surface area contributed by atoms with E-state index in [1.165, 1.54) is 12.0 Å². The van der Waals surface area contributed by atoms with Crippen molar-refractivity contribution in [1.82, 2.24) is 25.0 Å². The van der Waals surface area contributed by atoms with E-state index in [1.54, 1.807) is 11.1 Å². The minimum Gasteiger partial charge on any atom is -0.444 e. The molecule has 0 radical (unpaired) electrons. The standard InChI is InChI=1S/C28H35N7O3/c1-27(2,3)38-26(37)34-17-12-28(11-14-29,13-18-34)35-22-10-16-31-25(36)23(22)24(33-35)32-20-8-6-19(7-9-20)21-5-4-15-30-21/h6-10,16,21,30H,4-5,11-13,15,17-18H2,1-3H3,(H,31,36)(H,32,33). The second-order valence-electron chi connectivity index (χ2n) is 11.3. The molecule has 1 aromatic carbocycles. The molecule has 2 aromatic heterocycles. The molecule has 2 fully saturated rings. The number of likely N-dealkylation sites (tertiary alicyclic amines) is 1. The van der Waals surface area contributed by atoms with Gasteiger partial charge >= 0.3 is 6.09 Å². The number of carbonyl (C=O) groups is 1. The fourth-order valence-corrected chi connectivity index (χ4v) is 5.47. The van der Waals surface area contributed by atoms with Crippen LogP contribution in [-0.2, 0) is 10.3 Å². The maximum absolute atomic E-state index is 13.0. The Balaban J connectivity index is 1.44. The highest BCUT2D eigenvalue weighted by Gasteiger charge is 2.41. The third kappa shape index (κ3) is 5.11. The van der Waals surface area contributed by atoms with Gasteiger partial charge in [-0.15, -0.1) is 0 Å². The van der Waals surface area contributed by atoms with E-state index in [4.69, 9.17) is 9.84 Å². The summed E-state index contributed by atoms with van der Waals surface area (Å²) in [5.74, 6) is 0.445. The average molecular weight is 518 g/mol. The maximum Gasteiger partial charge on any atom is 0.410 e. The van der Waals surface area contributed by atoms with E-state index >= 15 is 0 Å². The van der Waals surface area contributed by atoms with Gasteiger partial charge in [0.1, 0.15) is 11.0 Å². The fraction of sp³-hybridized carbons (Fsp3) is 0.500. The second-order valence-corrected chi connectivity index (χ2v) is 11.3. The van der Waals surface area contributed by atoms with Gasteiger partial charge in [0.05, 0.1) is 23.5 Å². The summed E-state index contributed by atoms with van der Waals surface area (Å²) in [4.78, 5) is 30.0. The van der Waals surface area contributed by atoms with Gasteiger partial charge in [0, 0.05) is 31.0 Å². The lowest BCUT2D eigenvalue weighted by Crippen LogP contribution is -2.49. The number of hydrogen-bond acceptors (Lipinski definition) is 7. The number of aromatic nitrogens is 3. The van der Waals surface area contributed by atoms with Crippen LogP contribution in [0.4, 0.5) is 16.3 Å². The summed E-state index contributed by atoms with van der Waals surface area (Å²) in [5.41, 5.74) is 1.24. The van der Waals surface area contributed by atoms with Crippen molar-refractivity contribution in [1.29, 1.82) is 5.26 Å². The first-order chi connectivity index (χ1) is 18.2. The molecule has 4 heterocycles. The van der Waals surface area contributed by atoms with Gasteiger partial charge in [-0.05, 0) is 76.8 Å². The van der Waals surface area contributed by atoms with Crippen molar-refractivity contribution in [2.24, 2.45) is 0 Å². The van der Waals surface area contributed by atoms with Gasteiger partial charge in [0.25, 0.3) is 5.56 Å². The van der Waals surface area contributed by atoms with E-state index in [-0.39, 0.29) is 18.1 Å². The maximum atomic E-state index is 13.0. The smallest absolute Gasteiger partial charge is 0.410 e. The topological polar surface area (TPSA) is 128 Å². The van der Waals surface area contributed by atoms with Gasteiger partial charge < -0.3 is 25.3 Å². The van der Waals surface area contributed by atoms with Crippen molar-refractivity contribution >= 4 is 28.5 Å². The van der Waals surface area contributed by atoms with Gasteiger partial charge in [0.15, 0.2) is 5.82 Å². The number of piperidine rings is 1. The normalized spacial score (nSPS) is 19.3. The first-order valence-corrected chi connectivity index (χ1v) is 13.3. The third-order valence-corrected chi connectivity index (χ3v) is 7.44. The van der Waals surface area contributed by atoms with Gasteiger partial charge in [-0.25, -0.2) is 4.79 Å². The number of nitrogens with one attached hydrogen (secondary N) is 3. The molecule has 10 heteroatoms. The second kappa shape index (κ2) is 10.1. The number of ether oxygens (including phenoxy) is 1. The van der Waals surface area contributed by atoms with Gasteiger partial charge in [-0.1, -0.05) is 12.1 Å². The number of fused-ring (bicyclic) bond motifs is 1. The number of nitrogens with zero attached hydrogens (tertiary/aromatic N) is 4. The van der Waals surface area contributed by atoms with Crippen LogP contribution in [-0.4, -0.2) is 51.0 Å².